The third-order valence-electron chi connectivity index (χ3n) is 3.14. The highest BCUT2D eigenvalue weighted by atomic mass is 19.1. The van der Waals surface area contributed by atoms with E-state index in [1.54, 1.807) is 12.4 Å². The van der Waals surface area contributed by atoms with Crippen LogP contribution in [0.5, 0.6) is 5.75 Å². The predicted octanol–water partition coefficient (Wildman–Crippen LogP) is 1.14. The molecule has 0 saturated heterocycles. The standard InChI is InChI=1S/C12H13FN4O/c13-10-5-9(1-2-11(10)18)6-16-3-4-17-8-14-15-12(17)7-16/h1-2,5,8,18H,3-4,6-7H2. The summed E-state index contributed by atoms with van der Waals surface area (Å²) in [6, 6.07) is 4.49. The third-order valence-corrected chi connectivity index (χ3v) is 3.14. The molecule has 18 heavy (non-hydrogen) atoms. The zero-order valence-electron chi connectivity index (χ0n) is 9.75. The zero-order chi connectivity index (χ0) is 12.5. The lowest BCUT2D eigenvalue weighted by Crippen LogP contribution is -2.33. The van der Waals surface area contributed by atoms with Gasteiger partial charge in [0.05, 0.1) is 6.54 Å². The maximum atomic E-state index is 13.2. The van der Waals surface area contributed by atoms with Gasteiger partial charge in [-0.1, -0.05) is 6.07 Å². The number of phenolic OH excluding ortho intramolecular Hbond substituents is 1. The summed E-state index contributed by atoms with van der Waals surface area (Å²) in [5.74, 6) is 0.0466. The molecular weight excluding hydrogens is 235 g/mol. The number of phenols is 1. The molecule has 0 atom stereocenters. The summed E-state index contributed by atoms with van der Waals surface area (Å²) in [5.41, 5.74) is 0.846. The second-order valence-corrected chi connectivity index (χ2v) is 4.44. The van der Waals surface area contributed by atoms with Crippen LogP contribution in [0, 0.1) is 5.82 Å². The molecule has 0 bridgehead atoms. The first-order valence-corrected chi connectivity index (χ1v) is 5.79. The third kappa shape index (κ3) is 2.06. The minimum atomic E-state index is -0.576. The van der Waals surface area contributed by atoms with E-state index in [2.05, 4.69) is 15.1 Å². The number of benzene rings is 1. The number of rotatable bonds is 2. The van der Waals surface area contributed by atoms with Gasteiger partial charge in [-0.05, 0) is 17.7 Å². The topological polar surface area (TPSA) is 54.2 Å². The van der Waals surface area contributed by atoms with Crippen LogP contribution in [0.3, 0.4) is 0 Å². The molecule has 1 aliphatic heterocycles. The monoisotopic (exact) mass is 248 g/mol. The Morgan fingerprint density at radius 3 is 3.06 bits per heavy atom. The Morgan fingerprint density at radius 1 is 1.33 bits per heavy atom. The number of hydrogen-bond acceptors (Lipinski definition) is 4. The van der Waals surface area contributed by atoms with E-state index in [1.165, 1.54) is 12.1 Å². The van der Waals surface area contributed by atoms with Crippen LogP contribution in [0.2, 0.25) is 0 Å². The molecule has 0 saturated carbocycles. The van der Waals surface area contributed by atoms with Crippen molar-refractivity contribution in [2.24, 2.45) is 0 Å². The lowest BCUT2D eigenvalue weighted by atomic mass is 10.2. The average Bonchev–Trinajstić information content (AvgIpc) is 2.81. The Bertz CT molecular complexity index is 569. The van der Waals surface area contributed by atoms with E-state index in [0.717, 1.165) is 24.5 Å². The first-order chi connectivity index (χ1) is 8.72. The molecule has 0 aliphatic carbocycles. The van der Waals surface area contributed by atoms with E-state index in [4.69, 9.17) is 5.11 Å². The largest absolute Gasteiger partial charge is 0.505 e. The van der Waals surface area contributed by atoms with Crippen molar-refractivity contribution in [2.45, 2.75) is 19.6 Å². The molecule has 0 radical (unpaired) electrons. The number of aromatic hydroxyl groups is 1. The summed E-state index contributed by atoms with van der Waals surface area (Å²) in [4.78, 5) is 2.18. The molecule has 0 amide bonds. The van der Waals surface area contributed by atoms with Gasteiger partial charge in [-0.3, -0.25) is 4.90 Å². The summed E-state index contributed by atoms with van der Waals surface area (Å²) in [5, 5.41) is 17.0. The molecule has 3 rings (SSSR count). The summed E-state index contributed by atoms with van der Waals surface area (Å²) in [6.45, 7) is 3.09. The van der Waals surface area contributed by atoms with Crippen LogP contribution in [-0.2, 0) is 19.6 Å². The van der Waals surface area contributed by atoms with E-state index < -0.39 is 5.82 Å². The second-order valence-electron chi connectivity index (χ2n) is 4.44. The Kier molecular flexibility index (Phi) is 2.71. The minimum absolute atomic E-state index is 0.308. The first kappa shape index (κ1) is 11.2. The Labute approximate surface area is 103 Å². The lowest BCUT2D eigenvalue weighted by molar-refractivity contribution is 0.208. The summed E-state index contributed by atoms with van der Waals surface area (Å²) in [6.07, 6.45) is 1.73. The van der Waals surface area contributed by atoms with Crippen LogP contribution in [0.1, 0.15) is 11.4 Å². The van der Waals surface area contributed by atoms with Gasteiger partial charge in [0.15, 0.2) is 11.6 Å². The fourth-order valence-corrected chi connectivity index (χ4v) is 2.16. The van der Waals surface area contributed by atoms with Crippen LogP contribution < -0.4 is 0 Å². The molecule has 1 aromatic heterocycles. The Balaban J connectivity index is 1.72. The van der Waals surface area contributed by atoms with Crippen LogP contribution in [0.4, 0.5) is 4.39 Å². The fourth-order valence-electron chi connectivity index (χ4n) is 2.16. The van der Waals surface area contributed by atoms with Crippen LogP contribution >= 0.6 is 0 Å². The van der Waals surface area contributed by atoms with E-state index in [1.807, 2.05) is 4.57 Å². The fraction of sp³-hybridized carbons (Fsp3) is 0.333. The Morgan fingerprint density at radius 2 is 2.22 bits per heavy atom. The normalized spacial score (nSPS) is 15.6. The van der Waals surface area contributed by atoms with Gasteiger partial charge in [-0.2, -0.15) is 0 Å². The van der Waals surface area contributed by atoms with Gasteiger partial charge in [-0.25, -0.2) is 4.39 Å². The molecule has 2 heterocycles. The molecule has 94 valence electrons. The van der Waals surface area contributed by atoms with Crippen molar-refractivity contribution in [3.05, 3.63) is 41.7 Å². The molecule has 0 fully saturated rings. The van der Waals surface area contributed by atoms with Gasteiger partial charge < -0.3 is 9.67 Å². The van der Waals surface area contributed by atoms with E-state index >= 15 is 0 Å². The predicted molar refractivity (Wildman–Crippen MR) is 62.2 cm³/mol. The smallest absolute Gasteiger partial charge is 0.165 e. The van der Waals surface area contributed by atoms with Crippen molar-refractivity contribution in [1.82, 2.24) is 19.7 Å². The van der Waals surface area contributed by atoms with Crippen molar-refractivity contribution in [3.63, 3.8) is 0 Å². The molecular formula is C12H13FN4O. The number of aromatic nitrogens is 3. The number of nitrogens with zero attached hydrogens (tertiary/aromatic N) is 4. The van der Waals surface area contributed by atoms with Crippen molar-refractivity contribution in [2.75, 3.05) is 6.54 Å². The molecule has 0 spiro atoms. The molecule has 0 unspecified atom stereocenters. The quantitative estimate of drug-likeness (QED) is 0.866. The van der Waals surface area contributed by atoms with Gasteiger partial charge >= 0.3 is 0 Å². The maximum Gasteiger partial charge on any atom is 0.165 e. The highest BCUT2D eigenvalue weighted by Gasteiger charge is 2.17. The lowest BCUT2D eigenvalue weighted by Gasteiger charge is -2.26. The van der Waals surface area contributed by atoms with E-state index in [0.29, 0.717) is 13.1 Å². The van der Waals surface area contributed by atoms with E-state index in [9.17, 15) is 4.39 Å². The van der Waals surface area contributed by atoms with Crippen LogP contribution in [0.15, 0.2) is 24.5 Å². The molecule has 1 aromatic carbocycles. The van der Waals surface area contributed by atoms with Gasteiger partial charge in [0, 0.05) is 19.6 Å². The van der Waals surface area contributed by atoms with E-state index in [-0.39, 0.29) is 5.75 Å². The van der Waals surface area contributed by atoms with Gasteiger partial charge in [0.2, 0.25) is 0 Å². The van der Waals surface area contributed by atoms with Crippen molar-refractivity contribution in [3.8, 4) is 5.75 Å². The highest BCUT2D eigenvalue weighted by molar-refractivity contribution is 5.28. The molecule has 5 nitrogen and oxygen atoms in total. The van der Waals surface area contributed by atoms with Crippen molar-refractivity contribution < 1.29 is 9.50 Å². The van der Waals surface area contributed by atoms with Crippen molar-refractivity contribution in [1.29, 1.82) is 0 Å². The number of hydrogen-bond donors (Lipinski definition) is 1. The van der Waals surface area contributed by atoms with Gasteiger partial charge in [0.1, 0.15) is 12.2 Å². The summed E-state index contributed by atoms with van der Waals surface area (Å²) < 4.78 is 15.2. The molecule has 1 aliphatic rings. The summed E-state index contributed by atoms with van der Waals surface area (Å²) >= 11 is 0. The zero-order valence-corrected chi connectivity index (χ0v) is 9.75. The van der Waals surface area contributed by atoms with Crippen molar-refractivity contribution >= 4 is 0 Å². The van der Waals surface area contributed by atoms with Gasteiger partial charge in [0.25, 0.3) is 0 Å². The average molecular weight is 248 g/mol. The summed E-state index contributed by atoms with van der Waals surface area (Å²) in [7, 11) is 0. The maximum absolute atomic E-state index is 13.2. The van der Waals surface area contributed by atoms with Crippen LogP contribution in [-0.4, -0.2) is 31.3 Å². The first-order valence-electron chi connectivity index (χ1n) is 5.79. The molecule has 6 heteroatoms. The minimum Gasteiger partial charge on any atom is -0.505 e. The second kappa shape index (κ2) is 4.38. The van der Waals surface area contributed by atoms with Gasteiger partial charge in [-0.15, -0.1) is 10.2 Å². The van der Waals surface area contributed by atoms with Crippen LogP contribution in [0.25, 0.3) is 0 Å². The SMILES string of the molecule is Oc1ccc(CN2CCn3cnnc3C2)cc1F. The Hall–Kier alpha value is -1.95. The molecule has 2 aromatic rings. The highest BCUT2D eigenvalue weighted by Crippen LogP contribution is 2.19. The molecule has 1 N–H and O–H groups in total. The number of fused-ring (bicyclic) bond motifs is 1. The number of halogens is 1.